The number of nitrogens with zero attached hydrogens (tertiary/aromatic N) is 2. The third-order valence-electron chi connectivity index (χ3n) is 6.83. The van der Waals surface area contributed by atoms with Gasteiger partial charge in [-0.3, -0.25) is 9.59 Å². The molecule has 0 spiro atoms. The van der Waals surface area contributed by atoms with Crippen LogP contribution >= 0.6 is 0 Å². The first-order chi connectivity index (χ1) is 11.4. The minimum Gasteiger partial charge on any atom is -0.365 e. The van der Waals surface area contributed by atoms with E-state index in [1.807, 2.05) is 4.90 Å². The van der Waals surface area contributed by atoms with Crippen LogP contribution in [0.1, 0.15) is 44.9 Å². The van der Waals surface area contributed by atoms with Crippen LogP contribution in [0.5, 0.6) is 0 Å². The van der Waals surface area contributed by atoms with E-state index in [4.69, 9.17) is 4.74 Å². The summed E-state index contributed by atoms with van der Waals surface area (Å²) in [5.41, 5.74) is 0.269. The number of hydrogen-bond donors (Lipinski definition) is 0. The predicted molar refractivity (Wildman–Crippen MR) is 90.2 cm³/mol. The van der Waals surface area contributed by atoms with E-state index < -0.39 is 6.10 Å². The van der Waals surface area contributed by atoms with Gasteiger partial charge >= 0.3 is 0 Å². The minimum absolute atomic E-state index is 0.0395. The van der Waals surface area contributed by atoms with Crippen molar-refractivity contribution in [3.05, 3.63) is 0 Å². The van der Waals surface area contributed by atoms with Gasteiger partial charge in [-0.25, -0.2) is 0 Å². The molecule has 1 unspecified atom stereocenters. The third-order valence-corrected chi connectivity index (χ3v) is 6.83. The zero-order valence-corrected chi connectivity index (χ0v) is 15.0. The van der Waals surface area contributed by atoms with Crippen molar-refractivity contribution in [1.29, 1.82) is 0 Å². The summed E-state index contributed by atoms with van der Waals surface area (Å²) in [6, 6.07) is 0. The average molecular weight is 334 g/mol. The number of ether oxygens (including phenoxy) is 1. The molecule has 134 valence electrons. The summed E-state index contributed by atoms with van der Waals surface area (Å²) in [5.74, 6) is 2.82. The molecule has 1 saturated heterocycles. The fourth-order valence-electron chi connectivity index (χ4n) is 6.25. The first kappa shape index (κ1) is 16.4. The van der Waals surface area contributed by atoms with Crippen molar-refractivity contribution in [2.75, 3.05) is 33.8 Å². The van der Waals surface area contributed by atoms with E-state index >= 15 is 0 Å². The smallest absolute Gasteiger partial charge is 0.253 e. The van der Waals surface area contributed by atoms with Crippen molar-refractivity contribution in [2.24, 2.45) is 23.2 Å². The standard InChI is InChI=1S/C19H30N2O3/c1-20(2)18(23)16-12-21(3-4-24-16)17(22)11-19-8-13-5-14(9-19)7-15(6-13)10-19/h13-16H,3-12H2,1-2H3. The molecule has 5 heteroatoms. The van der Waals surface area contributed by atoms with E-state index in [1.54, 1.807) is 19.0 Å². The van der Waals surface area contributed by atoms with Crippen molar-refractivity contribution in [2.45, 2.75) is 51.0 Å². The van der Waals surface area contributed by atoms with Crippen molar-refractivity contribution in [3.8, 4) is 0 Å². The number of morpholine rings is 1. The van der Waals surface area contributed by atoms with Crippen molar-refractivity contribution < 1.29 is 14.3 Å². The van der Waals surface area contributed by atoms with Crippen LogP contribution in [0.2, 0.25) is 0 Å². The van der Waals surface area contributed by atoms with E-state index in [1.165, 1.54) is 38.5 Å². The van der Waals surface area contributed by atoms with Gasteiger partial charge in [0.1, 0.15) is 0 Å². The minimum atomic E-state index is -0.492. The molecule has 1 heterocycles. The molecule has 4 saturated carbocycles. The quantitative estimate of drug-likeness (QED) is 0.792. The van der Waals surface area contributed by atoms with Gasteiger partial charge in [0.25, 0.3) is 5.91 Å². The Morgan fingerprint density at radius 3 is 2.21 bits per heavy atom. The molecule has 5 aliphatic rings. The number of likely N-dealkylation sites (N-methyl/N-ethyl adjacent to an activating group) is 1. The lowest BCUT2D eigenvalue weighted by molar-refractivity contribution is -0.155. The summed E-state index contributed by atoms with van der Waals surface area (Å²) in [4.78, 5) is 28.5. The highest BCUT2D eigenvalue weighted by Crippen LogP contribution is 2.61. The first-order valence-corrected chi connectivity index (χ1v) is 9.55. The van der Waals surface area contributed by atoms with Gasteiger partial charge in [0.2, 0.25) is 5.91 Å². The lowest BCUT2D eigenvalue weighted by atomic mass is 9.49. The van der Waals surface area contributed by atoms with Crippen LogP contribution in [-0.4, -0.2) is 61.5 Å². The topological polar surface area (TPSA) is 49.9 Å². The highest BCUT2D eigenvalue weighted by atomic mass is 16.5. The Morgan fingerprint density at radius 2 is 1.67 bits per heavy atom. The molecule has 2 amide bonds. The molecule has 4 aliphatic carbocycles. The van der Waals surface area contributed by atoms with Crippen molar-refractivity contribution in [3.63, 3.8) is 0 Å². The Bertz CT molecular complexity index is 495. The number of carbonyl (C=O) groups excluding carboxylic acids is 2. The molecule has 0 radical (unpaired) electrons. The summed E-state index contributed by atoms with van der Waals surface area (Å²) in [6.07, 6.45) is 8.20. The summed E-state index contributed by atoms with van der Waals surface area (Å²) >= 11 is 0. The normalized spacial score (nSPS) is 40.7. The lowest BCUT2D eigenvalue weighted by Crippen LogP contribution is -2.53. The van der Waals surface area contributed by atoms with E-state index in [0.717, 1.165) is 17.8 Å². The largest absolute Gasteiger partial charge is 0.365 e. The van der Waals surface area contributed by atoms with Gasteiger partial charge in [0.15, 0.2) is 6.10 Å². The van der Waals surface area contributed by atoms with Crippen LogP contribution in [-0.2, 0) is 14.3 Å². The Balaban J connectivity index is 1.40. The molecule has 0 aromatic heterocycles. The van der Waals surface area contributed by atoms with E-state index in [2.05, 4.69) is 0 Å². The highest BCUT2D eigenvalue weighted by molar-refractivity contribution is 5.83. The van der Waals surface area contributed by atoms with E-state index in [0.29, 0.717) is 26.1 Å². The van der Waals surface area contributed by atoms with Gasteiger partial charge in [-0.05, 0) is 61.7 Å². The van der Waals surface area contributed by atoms with Gasteiger partial charge in [0, 0.05) is 27.1 Å². The van der Waals surface area contributed by atoms with Crippen molar-refractivity contribution >= 4 is 11.8 Å². The van der Waals surface area contributed by atoms with Gasteiger partial charge < -0.3 is 14.5 Å². The molecule has 0 aromatic rings. The monoisotopic (exact) mass is 334 g/mol. The lowest BCUT2D eigenvalue weighted by Gasteiger charge is -2.57. The van der Waals surface area contributed by atoms with Crippen LogP contribution in [0.15, 0.2) is 0 Å². The van der Waals surface area contributed by atoms with Crippen LogP contribution in [0.3, 0.4) is 0 Å². The van der Waals surface area contributed by atoms with Gasteiger partial charge in [-0.15, -0.1) is 0 Å². The molecule has 1 aliphatic heterocycles. The fraction of sp³-hybridized carbons (Fsp3) is 0.895. The summed E-state index contributed by atoms with van der Waals surface area (Å²) < 4.78 is 5.59. The van der Waals surface area contributed by atoms with Crippen LogP contribution in [0.4, 0.5) is 0 Å². The number of rotatable bonds is 3. The average Bonchev–Trinajstić information content (AvgIpc) is 2.52. The summed E-state index contributed by atoms with van der Waals surface area (Å²) in [6.45, 7) is 1.52. The highest BCUT2D eigenvalue weighted by Gasteiger charge is 2.51. The van der Waals surface area contributed by atoms with Crippen LogP contribution in [0, 0.1) is 23.2 Å². The number of amides is 2. The molecule has 0 N–H and O–H groups in total. The first-order valence-electron chi connectivity index (χ1n) is 9.55. The number of carbonyl (C=O) groups is 2. The Kier molecular flexibility index (Phi) is 4.10. The second kappa shape index (κ2) is 6.01. The second-order valence-corrected chi connectivity index (χ2v) is 9.03. The molecule has 1 atom stereocenters. The molecular formula is C19H30N2O3. The molecule has 5 rings (SSSR count). The van der Waals surface area contributed by atoms with Gasteiger partial charge in [-0.1, -0.05) is 0 Å². The van der Waals surface area contributed by atoms with Gasteiger partial charge in [0.05, 0.1) is 13.2 Å². The molecule has 4 bridgehead atoms. The molecular weight excluding hydrogens is 304 g/mol. The van der Waals surface area contributed by atoms with Gasteiger partial charge in [-0.2, -0.15) is 0 Å². The van der Waals surface area contributed by atoms with Crippen molar-refractivity contribution in [1.82, 2.24) is 9.80 Å². The fourth-order valence-corrected chi connectivity index (χ4v) is 6.25. The Labute approximate surface area is 144 Å². The zero-order valence-electron chi connectivity index (χ0n) is 15.0. The molecule has 24 heavy (non-hydrogen) atoms. The third kappa shape index (κ3) is 2.96. The van der Waals surface area contributed by atoms with E-state index in [-0.39, 0.29) is 17.2 Å². The SMILES string of the molecule is CN(C)C(=O)C1CN(C(=O)CC23CC4CC(CC(C4)C2)C3)CCO1. The maximum absolute atomic E-state index is 13.0. The Hall–Kier alpha value is -1.10. The summed E-state index contributed by atoms with van der Waals surface area (Å²) in [5, 5.41) is 0. The molecule has 0 aromatic carbocycles. The van der Waals surface area contributed by atoms with Crippen LogP contribution < -0.4 is 0 Å². The molecule has 5 fully saturated rings. The molecule has 5 nitrogen and oxygen atoms in total. The zero-order chi connectivity index (χ0) is 16.9. The summed E-state index contributed by atoms with van der Waals surface area (Å²) in [7, 11) is 3.48. The Morgan fingerprint density at radius 1 is 1.08 bits per heavy atom. The van der Waals surface area contributed by atoms with Crippen LogP contribution in [0.25, 0.3) is 0 Å². The number of hydrogen-bond acceptors (Lipinski definition) is 3. The second-order valence-electron chi connectivity index (χ2n) is 9.03. The maximum atomic E-state index is 13.0. The van der Waals surface area contributed by atoms with E-state index in [9.17, 15) is 9.59 Å². The maximum Gasteiger partial charge on any atom is 0.253 e. The predicted octanol–water partition coefficient (Wildman–Crippen LogP) is 1.91.